The highest BCUT2D eigenvalue weighted by atomic mass is 32.1. The molecule has 1 amide bonds. The molecule has 0 radical (unpaired) electrons. The maximum Gasteiger partial charge on any atom is 0.290 e. The number of Topliss-reactive ketones (excluding diaryl/α,β-unsaturated/α-hetero) is 1. The van der Waals surface area contributed by atoms with Gasteiger partial charge in [0.15, 0.2) is 5.76 Å². The number of phenols is 1. The first kappa shape index (κ1) is 22.7. The van der Waals surface area contributed by atoms with Crippen LogP contribution in [0.3, 0.4) is 0 Å². The summed E-state index contributed by atoms with van der Waals surface area (Å²) in [6, 6.07) is 15.2. The van der Waals surface area contributed by atoms with Crippen LogP contribution in [0, 0.1) is 6.92 Å². The number of hydrogen-bond donors (Lipinski definition) is 2. The molecule has 0 bridgehead atoms. The topological polar surface area (TPSA) is 94.0 Å². The van der Waals surface area contributed by atoms with Crippen LogP contribution in [0.25, 0.3) is 10.6 Å². The van der Waals surface area contributed by atoms with Crippen LogP contribution in [-0.2, 0) is 4.79 Å². The van der Waals surface area contributed by atoms with Gasteiger partial charge in [-0.05, 0) is 38.7 Å². The number of amides is 1. The Morgan fingerprint density at radius 2 is 1.85 bits per heavy atom. The van der Waals surface area contributed by atoms with Crippen LogP contribution in [-0.4, -0.2) is 63.9 Å². The van der Waals surface area contributed by atoms with Crippen LogP contribution in [0.1, 0.15) is 27.0 Å². The minimum atomic E-state index is -0.807. The van der Waals surface area contributed by atoms with E-state index in [1.54, 1.807) is 19.1 Å². The van der Waals surface area contributed by atoms with E-state index in [1.807, 2.05) is 49.3 Å². The van der Waals surface area contributed by atoms with Gasteiger partial charge in [0.25, 0.3) is 5.91 Å². The number of carbonyl (C=O) groups excluding carboxylic acids is 2. The molecule has 3 aromatic rings. The highest BCUT2D eigenvalue weighted by molar-refractivity contribution is 7.17. The van der Waals surface area contributed by atoms with E-state index < -0.39 is 23.5 Å². The Kier molecular flexibility index (Phi) is 6.31. The minimum Gasteiger partial charge on any atom is -0.508 e. The van der Waals surface area contributed by atoms with E-state index in [0.717, 1.165) is 5.56 Å². The van der Waals surface area contributed by atoms with Crippen LogP contribution >= 0.6 is 11.3 Å². The Morgan fingerprint density at radius 1 is 1.12 bits per heavy atom. The number of carbonyl (C=O) groups is 2. The lowest BCUT2D eigenvalue weighted by Gasteiger charge is -2.28. The zero-order valence-electron chi connectivity index (χ0n) is 18.6. The lowest BCUT2D eigenvalue weighted by Crippen LogP contribution is -2.36. The first-order chi connectivity index (χ1) is 15.8. The maximum atomic E-state index is 13.7. The zero-order valence-corrected chi connectivity index (χ0v) is 19.5. The number of aromatic hydroxyl groups is 1. The molecule has 1 aromatic heterocycles. The number of hydrogen-bond acceptors (Lipinski definition) is 7. The van der Waals surface area contributed by atoms with Gasteiger partial charge in [-0.2, -0.15) is 0 Å². The number of thiazole rings is 1. The number of phenolic OH excluding ortho intramolecular Hbond substituents is 1. The van der Waals surface area contributed by atoms with Crippen molar-refractivity contribution in [2.75, 3.05) is 27.2 Å². The van der Waals surface area contributed by atoms with Crippen molar-refractivity contribution in [3.63, 3.8) is 0 Å². The molecule has 2 aromatic carbocycles. The Labute approximate surface area is 196 Å². The first-order valence-electron chi connectivity index (χ1n) is 10.5. The van der Waals surface area contributed by atoms with Crippen molar-refractivity contribution in [2.45, 2.75) is 13.0 Å². The molecular formula is C25H25N3O4S. The van der Waals surface area contributed by atoms with Gasteiger partial charge in [-0.15, -0.1) is 11.3 Å². The van der Waals surface area contributed by atoms with Gasteiger partial charge in [-0.25, -0.2) is 4.98 Å². The van der Waals surface area contributed by atoms with E-state index in [-0.39, 0.29) is 11.3 Å². The molecule has 0 saturated heterocycles. The standard InChI is InChI=1S/C25H25N3O4S/c1-15-23(33-24(26-15)16-8-5-4-6-9-16)21(30)19-20(17-10-7-11-18(29)14-17)28(13-12-27(2)3)25(32)22(19)31/h4-11,14,20,29,31H,12-13H2,1-3H3. The van der Waals surface area contributed by atoms with E-state index in [2.05, 4.69) is 4.98 Å². The van der Waals surface area contributed by atoms with Crippen molar-refractivity contribution in [1.82, 2.24) is 14.8 Å². The minimum absolute atomic E-state index is 0.00992. The summed E-state index contributed by atoms with van der Waals surface area (Å²) in [5.41, 5.74) is 2.00. The van der Waals surface area contributed by atoms with Crippen molar-refractivity contribution in [3.8, 4) is 16.3 Å². The summed E-state index contributed by atoms with van der Waals surface area (Å²) in [4.78, 5) is 35.1. The fraction of sp³-hybridized carbons (Fsp3) is 0.240. The molecule has 2 N–H and O–H groups in total. The molecule has 0 fully saturated rings. The van der Waals surface area contributed by atoms with E-state index in [9.17, 15) is 19.8 Å². The van der Waals surface area contributed by atoms with Crippen LogP contribution in [0.4, 0.5) is 0 Å². The highest BCUT2D eigenvalue weighted by Gasteiger charge is 2.44. The SMILES string of the molecule is Cc1nc(-c2ccccc2)sc1C(=O)C1=C(O)C(=O)N(CCN(C)C)C1c1cccc(O)c1. The second kappa shape index (κ2) is 9.17. The molecular weight excluding hydrogens is 438 g/mol. The van der Waals surface area contributed by atoms with E-state index in [0.29, 0.717) is 34.2 Å². The second-order valence-corrected chi connectivity index (χ2v) is 9.19. The van der Waals surface area contributed by atoms with Gasteiger partial charge < -0.3 is 20.0 Å². The molecule has 7 nitrogen and oxygen atoms in total. The fourth-order valence-corrected chi connectivity index (χ4v) is 4.92. The van der Waals surface area contributed by atoms with Gasteiger partial charge in [-0.3, -0.25) is 9.59 Å². The Balaban J connectivity index is 1.78. The fourth-order valence-electron chi connectivity index (χ4n) is 3.90. The smallest absolute Gasteiger partial charge is 0.290 e. The van der Waals surface area contributed by atoms with Crippen LogP contribution in [0.15, 0.2) is 65.9 Å². The third-order valence-corrected chi connectivity index (χ3v) is 6.75. The summed E-state index contributed by atoms with van der Waals surface area (Å²) < 4.78 is 0. The van der Waals surface area contributed by atoms with Gasteiger partial charge in [0.1, 0.15) is 10.8 Å². The number of aliphatic hydroxyl groups excluding tert-OH is 1. The largest absolute Gasteiger partial charge is 0.508 e. The van der Waals surface area contributed by atoms with Gasteiger partial charge in [0.05, 0.1) is 22.2 Å². The van der Waals surface area contributed by atoms with Crippen LogP contribution in [0.5, 0.6) is 5.75 Å². The quantitative estimate of drug-likeness (QED) is 0.515. The molecule has 1 aliphatic heterocycles. The molecule has 1 atom stereocenters. The lowest BCUT2D eigenvalue weighted by molar-refractivity contribution is -0.129. The van der Waals surface area contributed by atoms with Crippen molar-refractivity contribution < 1.29 is 19.8 Å². The van der Waals surface area contributed by atoms with Crippen molar-refractivity contribution in [1.29, 1.82) is 0 Å². The number of benzene rings is 2. The number of ketones is 1. The zero-order chi connectivity index (χ0) is 23.7. The van der Waals surface area contributed by atoms with Crippen LogP contribution < -0.4 is 0 Å². The molecule has 33 heavy (non-hydrogen) atoms. The number of aryl methyl sites for hydroxylation is 1. The molecule has 4 rings (SSSR count). The summed E-state index contributed by atoms with van der Waals surface area (Å²) in [6.45, 7) is 2.61. The average molecular weight is 464 g/mol. The monoisotopic (exact) mass is 463 g/mol. The lowest BCUT2D eigenvalue weighted by atomic mass is 9.95. The van der Waals surface area contributed by atoms with Crippen LogP contribution in [0.2, 0.25) is 0 Å². The number of likely N-dealkylation sites (N-methyl/N-ethyl adjacent to an activating group) is 1. The molecule has 1 aliphatic rings. The van der Waals surface area contributed by atoms with Crippen molar-refractivity contribution >= 4 is 23.0 Å². The number of aromatic nitrogens is 1. The predicted molar refractivity (Wildman–Crippen MR) is 127 cm³/mol. The summed E-state index contributed by atoms with van der Waals surface area (Å²) in [6.07, 6.45) is 0. The van der Waals surface area contributed by atoms with Gasteiger partial charge in [0, 0.05) is 18.7 Å². The molecule has 8 heteroatoms. The molecule has 0 saturated carbocycles. The van der Waals surface area contributed by atoms with Crippen molar-refractivity contribution in [2.24, 2.45) is 0 Å². The van der Waals surface area contributed by atoms with Crippen molar-refractivity contribution in [3.05, 3.63) is 82.1 Å². The maximum absolute atomic E-state index is 13.7. The Morgan fingerprint density at radius 3 is 2.52 bits per heavy atom. The first-order valence-corrected chi connectivity index (χ1v) is 11.3. The normalized spacial score (nSPS) is 16.2. The molecule has 0 aliphatic carbocycles. The van der Waals surface area contributed by atoms with Gasteiger partial charge in [0.2, 0.25) is 5.78 Å². The Bertz CT molecular complexity index is 1230. The molecule has 1 unspecified atom stereocenters. The Hall–Kier alpha value is -3.49. The molecule has 0 spiro atoms. The summed E-state index contributed by atoms with van der Waals surface area (Å²) in [5, 5.41) is 21.6. The third-order valence-electron chi connectivity index (χ3n) is 5.55. The third kappa shape index (κ3) is 4.40. The average Bonchev–Trinajstić information content (AvgIpc) is 3.30. The summed E-state index contributed by atoms with van der Waals surface area (Å²) >= 11 is 1.24. The van der Waals surface area contributed by atoms with Gasteiger partial charge >= 0.3 is 0 Å². The summed E-state index contributed by atoms with van der Waals surface area (Å²) in [7, 11) is 3.77. The number of rotatable bonds is 7. The predicted octanol–water partition coefficient (Wildman–Crippen LogP) is 3.96. The number of nitrogens with zero attached hydrogens (tertiary/aromatic N) is 3. The van der Waals surface area contributed by atoms with E-state index in [1.165, 1.54) is 28.4 Å². The highest BCUT2D eigenvalue weighted by Crippen LogP contribution is 2.41. The molecule has 170 valence electrons. The van der Waals surface area contributed by atoms with Gasteiger partial charge in [-0.1, -0.05) is 42.5 Å². The second-order valence-electron chi connectivity index (χ2n) is 8.19. The van der Waals surface area contributed by atoms with E-state index in [4.69, 9.17) is 0 Å². The summed E-state index contributed by atoms with van der Waals surface area (Å²) in [5.74, 6) is -1.56. The molecule has 2 heterocycles. The van der Waals surface area contributed by atoms with E-state index >= 15 is 0 Å². The number of aliphatic hydroxyl groups is 1.